The minimum absolute atomic E-state index is 0.141. The van der Waals surface area contributed by atoms with Crippen LogP contribution in [0.25, 0.3) is 11.5 Å². The van der Waals surface area contributed by atoms with Crippen molar-refractivity contribution in [2.75, 3.05) is 5.32 Å². The molecule has 6 nitrogen and oxygen atoms in total. The molecule has 3 rings (SSSR count). The van der Waals surface area contributed by atoms with E-state index in [0.717, 1.165) is 0 Å². The van der Waals surface area contributed by atoms with E-state index in [2.05, 4.69) is 10.4 Å². The summed E-state index contributed by atoms with van der Waals surface area (Å²) in [6, 6.07) is 12.4. The zero-order chi connectivity index (χ0) is 17.6. The summed E-state index contributed by atoms with van der Waals surface area (Å²) < 4.78 is 20.0. The number of hydrogen-bond donors (Lipinski definition) is 1. The molecule has 0 saturated carbocycles. The van der Waals surface area contributed by atoms with Gasteiger partial charge in [-0.25, -0.2) is 9.07 Å². The molecule has 0 aliphatic rings. The van der Waals surface area contributed by atoms with Crippen molar-refractivity contribution in [3.8, 4) is 11.5 Å². The molecular weight excluding hydrogens is 325 g/mol. The van der Waals surface area contributed by atoms with Crippen molar-refractivity contribution in [1.29, 1.82) is 0 Å². The van der Waals surface area contributed by atoms with Crippen molar-refractivity contribution >= 4 is 11.6 Å². The predicted octanol–water partition coefficient (Wildman–Crippen LogP) is 3.06. The van der Waals surface area contributed by atoms with Gasteiger partial charge in [-0.2, -0.15) is 5.10 Å². The Bertz CT molecular complexity index is 919. The monoisotopic (exact) mass is 341 g/mol. The smallest absolute Gasteiger partial charge is 0.266 e. The Balaban J connectivity index is 1.58. The largest absolute Gasteiger partial charge is 0.463 e. The number of hydrogen-bond acceptors (Lipinski definition) is 4. The van der Waals surface area contributed by atoms with Gasteiger partial charge in [0, 0.05) is 19.0 Å². The highest BCUT2D eigenvalue weighted by molar-refractivity contribution is 5.90. The summed E-state index contributed by atoms with van der Waals surface area (Å²) in [5, 5.41) is 6.74. The summed E-state index contributed by atoms with van der Waals surface area (Å²) in [6.45, 7) is 0.276. The molecule has 0 unspecified atom stereocenters. The Morgan fingerprint density at radius 3 is 2.76 bits per heavy atom. The van der Waals surface area contributed by atoms with Crippen LogP contribution < -0.4 is 10.9 Å². The number of anilines is 1. The van der Waals surface area contributed by atoms with Gasteiger partial charge in [-0.3, -0.25) is 9.59 Å². The quantitative estimate of drug-likeness (QED) is 0.747. The van der Waals surface area contributed by atoms with E-state index in [1.165, 1.54) is 29.1 Å². The number of carbonyl (C=O) groups excluding carboxylic acids is 1. The second-order valence-corrected chi connectivity index (χ2v) is 5.39. The number of para-hydroxylation sites is 1. The molecule has 2 aromatic heterocycles. The summed E-state index contributed by atoms with van der Waals surface area (Å²) >= 11 is 0. The van der Waals surface area contributed by atoms with Gasteiger partial charge in [-0.1, -0.05) is 12.1 Å². The molecule has 1 N–H and O–H groups in total. The molecule has 0 atom stereocenters. The normalized spacial score (nSPS) is 10.6. The van der Waals surface area contributed by atoms with Crippen LogP contribution in [0.1, 0.15) is 12.8 Å². The second-order valence-electron chi connectivity index (χ2n) is 5.39. The fourth-order valence-corrected chi connectivity index (χ4v) is 2.33. The first-order chi connectivity index (χ1) is 12.1. The SMILES string of the molecule is O=C(CCCn1nc(-c2ccco2)ccc1=O)Nc1ccccc1F. The molecule has 0 bridgehead atoms. The van der Waals surface area contributed by atoms with E-state index in [1.54, 1.807) is 30.3 Å². The van der Waals surface area contributed by atoms with Gasteiger partial charge < -0.3 is 9.73 Å². The third-order valence-corrected chi connectivity index (χ3v) is 3.56. The third-order valence-electron chi connectivity index (χ3n) is 3.56. The lowest BCUT2D eigenvalue weighted by molar-refractivity contribution is -0.116. The van der Waals surface area contributed by atoms with Crippen LogP contribution in [0.4, 0.5) is 10.1 Å². The van der Waals surface area contributed by atoms with Gasteiger partial charge >= 0.3 is 0 Å². The third kappa shape index (κ3) is 4.20. The maximum absolute atomic E-state index is 13.5. The van der Waals surface area contributed by atoms with Crippen LogP contribution in [0.2, 0.25) is 0 Å². The fraction of sp³-hybridized carbons (Fsp3) is 0.167. The molecule has 128 valence electrons. The summed E-state index contributed by atoms with van der Waals surface area (Å²) in [7, 11) is 0. The highest BCUT2D eigenvalue weighted by Gasteiger charge is 2.08. The number of aryl methyl sites for hydroxylation is 1. The number of benzene rings is 1. The standard InChI is InChI=1S/C18H16FN3O3/c19-13-5-1-2-6-14(13)20-17(23)8-3-11-22-18(24)10-9-15(21-22)16-7-4-12-25-16/h1-2,4-7,9-10,12H,3,8,11H2,(H,20,23). The lowest BCUT2D eigenvalue weighted by Gasteiger charge is -2.07. The number of nitrogens with one attached hydrogen (secondary N) is 1. The molecule has 1 amide bonds. The van der Waals surface area contributed by atoms with Gasteiger partial charge in [0.2, 0.25) is 5.91 Å². The predicted molar refractivity (Wildman–Crippen MR) is 90.5 cm³/mol. The molecule has 0 radical (unpaired) electrons. The molecule has 2 heterocycles. The minimum Gasteiger partial charge on any atom is -0.463 e. The summed E-state index contributed by atoms with van der Waals surface area (Å²) in [6.07, 6.45) is 2.07. The van der Waals surface area contributed by atoms with Crippen molar-refractivity contribution in [1.82, 2.24) is 9.78 Å². The highest BCUT2D eigenvalue weighted by Crippen LogP contribution is 2.15. The van der Waals surface area contributed by atoms with Crippen molar-refractivity contribution in [3.63, 3.8) is 0 Å². The number of carbonyl (C=O) groups is 1. The average molecular weight is 341 g/mol. The molecular formula is C18H16FN3O3. The first kappa shape index (κ1) is 16.6. The number of halogens is 1. The van der Waals surface area contributed by atoms with E-state index >= 15 is 0 Å². The van der Waals surface area contributed by atoms with Gasteiger partial charge in [0.05, 0.1) is 12.0 Å². The first-order valence-electron chi connectivity index (χ1n) is 7.80. The maximum Gasteiger partial charge on any atom is 0.266 e. The summed E-state index contributed by atoms with van der Waals surface area (Å²) in [4.78, 5) is 23.8. The van der Waals surface area contributed by atoms with Crippen molar-refractivity contribution in [2.45, 2.75) is 19.4 Å². The molecule has 0 aliphatic carbocycles. The van der Waals surface area contributed by atoms with Gasteiger partial charge in [-0.05, 0) is 36.8 Å². The number of furan rings is 1. The van der Waals surface area contributed by atoms with E-state index in [4.69, 9.17) is 4.42 Å². The Morgan fingerprint density at radius 2 is 2.00 bits per heavy atom. The first-order valence-corrected chi connectivity index (χ1v) is 7.80. The van der Waals surface area contributed by atoms with Crippen LogP contribution >= 0.6 is 0 Å². The fourth-order valence-electron chi connectivity index (χ4n) is 2.33. The Morgan fingerprint density at radius 1 is 1.16 bits per heavy atom. The van der Waals surface area contributed by atoms with E-state index in [9.17, 15) is 14.0 Å². The highest BCUT2D eigenvalue weighted by atomic mass is 19.1. The van der Waals surface area contributed by atoms with Gasteiger partial charge in [0.1, 0.15) is 11.5 Å². The zero-order valence-corrected chi connectivity index (χ0v) is 13.3. The molecule has 0 spiro atoms. The van der Waals surface area contributed by atoms with Crippen LogP contribution in [0.5, 0.6) is 0 Å². The van der Waals surface area contributed by atoms with Crippen molar-refractivity contribution in [3.05, 3.63) is 71.0 Å². The number of aromatic nitrogens is 2. The summed E-state index contributed by atoms with van der Waals surface area (Å²) in [5.74, 6) is -0.244. The zero-order valence-electron chi connectivity index (χ0n) is 13.3. The van der Waals surface area contributed by atoms with Crippen LogP contribution in [-0.2, 0) is 11.3 Å². The van der Waals surface area contributed by atoms with Crippen LogP contribution in [0, 0.1) is 5.82 Å². The lowest BCUT2D eigenvalue weighted by Crippen LogP contribution is -2.23. The second kappa shape index (κ2) is 7.57. The van der Waals surface area contributed by atoms with E-state index in [-0.39, 0.29) is 30.1 Å². The molecule has 7 heteroatoms. The van der Waals surface area contributed by atoms with Gasteiger partial charge in [-0.15, -0.1) is 0 Å². The Kier molecular flexibility index (Phi) is 5.03. The topological polar surface area (TPSA) is 77.1 Å². The molecule has 0 aliphatic heterocycles. The van der Waals surface area contributed by atoms with E-state index in [1.807, 2.05) is 0 Å². The Labute approximate surface area is 142 Å². The van der Waals surface area contributed by atoms with Gasteiger partial charge in [0.25, 0.3) is 5.56 Å². The number of nitrogens with zero attached hydrogens (tertiary/aromatic N) is 2. The van der Waals surface area contributed by atoms with Crippen LogP contribution in [-0.4, -0.2) is 15.7 Å². The summed E-state index contributed by atoms with van der Waals surface area (Å²) in [5.41, 5.74) is 0.424. The van der Waals surface area contributed by atoms with E-state index in [0.29, 0.717) is 17.9 Å². The molecule has 0 fully saturated rings. The molecule has 3 aromatic rings. The molecule has 25 heavy (non-hydrogen) atoms. The van der Waals surface area contributed by atoms with E-state index < -0.39 is 5.82 Å². The number of amides is 1. The molecule has 0 saturated heterocycles. The number of rotatable bonds is 6. The van der Waals surface area contributed by atoms with Crippen LogP contribution in [0.3, 0.4) is 0 Å². The van der Waals surface area contributed by atoms with Crippen LogP contribution in [0.15, 0.2) is 64.0 Å². The van der Waals surface area contributed by atoms with Gasteiger partial charge in [0.15, 0.2) is 5.76 Å². The van der Waals surface area contributed by atoms with Crippen molar-refractivity contribution < 1.29 is 13.6 Å². The van der Waals surface area contributed by atoms with Crippen molar-refractivity contribution in [2.24, 2.45) is 0 Å². The average Bonchev–Trinajstić information content (AvgIpc) is 3.13. The lowest BCUT2D eigenvalue weighted by atomic mass is 10.2. The minimum atomic E-state index is -0.486. The maximum atomic E-state index is 13.5. The molecule has 1 aromatic carbocycles. The Hall–Kier alpha value is -3.22.